The average Bonchev–Trinajstić information content (AvgIpc) is 3.07. The van der Waals surface area contributed by atoms with Crippen LogP contribution in [0.15, 0.2) is 36.9 Å². The van der Waals surface area contributed by atoms with Crippen LogP contribution in [-0.4, -0.2) is 26.1 Å². The lowest BCUT2D eigenvalue weighted by atomic mass is 10.2. The molecule has 1 atom stereocenters. The van der Waals surface area contributed by atoms with Crippen LogP contribution in [-0.2, 0) is 10.9 Å². The van der Waals surface area contributed by atoms with Gasteiger partial charge >= 0.3 is 6.18 Å². The Kier molecular flexibility index (Phi) is 4.23. The van der Waals surface area contributed by atoms with Crippen molar-refractivity contribution < 1.29 is 17.9 Å². The van der Waals surface area contributed by atoms with Crippen LogP contribution in [0, 0.1) is 0 Å². The van der Waals surface area contributed by atoms with Gasteiger partial charge in [0.05, 0.1) is 11.9 Å². The highest BCUT2D eigenvalue weighted by Gasteiger charge is 2.30. The monoisotopic (exact) mass is 363 g/mol. The maximum absolute atomic E-state index is 12.9. The first-order valence-corrected chi connectivity index (χ1v) is 8.26. The predicted molar refractivity (Wildman–Crippen MR) is 88.9 cm³/mol. The summed E-state index contributed by atoms with van der Waals surface area (Å²) in [4.78, 5) is 12.7. The topological polar surface area (TPSA) is 64.9 Å². The molecule has 1 fully saturated rings. The molecule has 2 aromatic heterocycles. The molecule has 1 saturated heterocycles. The molecule has 1 aliphatic heterocycles. The van der Waals surface area contributed by atoms with Crippen molar-refractivity contribution in [2.45, 2.75) is 31.7 Å². The van der Waals surface area contributed by atoms with Crippen molar-refractivity contribution in [1.29, 1.82) is 0 Å². The molecular weight excluding hydrogens is 347 g/mol. The number of anilines is 2. The third kappa shape index (κ3) is 3.22. The van der Waals surface area contributed by atoms with Crippen molar-refractivity contribution in [2.24, 2.45) is 0 Å². The van der Waals surface area contributed by atoms with E-state index in [9.17, 15) is 13.2 Å². The van der Waals surface area contributed by atoms with Crippen molar-refractivity contribution in [2.75, 3.05) is 11.9 Å². The summed E-state index contributed by atoms with van der Waals surface area (Å²) in [7, 11) is 0. The van der Waals surface area contributed by atoms with E-state index < -0.39 is 11.7 Å². The molecule has 26 heavy (non-hydrogen) atoms. The van der Waals surface area contributed by atoms with Crippen LogP contribution >= 0.6 is 0 Å². The van der Waals surface area contributed by atoms with Crippen molar-refractivity contribution >= 4 is 22.7 Å². The number of benzene rings is 1. The Bertz CT molecular complexity index is 918. The highest BCUT2D eigenvalue weighted by molar-refractivity contribution is 5.85. The lowest BCUT2D eigenvalue weighted by molar-refractivity contribution is -0.137. The van der Waals surface area contributed by atoms with Crippen LogP contribution in [0.1, 0.15) is 31.1 Å². The van der Waals surface area contributed by atoms with Crippen LogP contribution in [0.25, 0.3) is 11.2 Å². The Balaban J connectivity index is 1.66. The van der Waals surface area contributed by atoms with Gasteiger partial charge in [0.25, 0.3) is 0 Å². The number of hydrogen-bond acceptors (Lipinski definition) is 5. The number of hydrogen-bond donors (Lipinski definition) is 1. The fraction of sp³-hybridized carbons (Fsp3) is 0.353. The molecule has 1 N–H and O–H groups in total. The molecule has 9 heteroatoms. The third-order valence-electron chi connectivity index (χ3n) is 4.28. The van der Waals surface area contributed by atoms with Gasteiger partial charge in [0.15, 0.2) is 17.0 Å². The van der Waals surface area contributed by atoms with Gasteiger partial charge in [-0.15, -0.1) is 0 Å². The minimum absolute atomic E-state index is 0.134. The summed E-state index contributed by atoms with van der Waals surface area (Å²) >= 11 is 0. The Morgan fingerprint density at radius 1 is 1.15 bits per heavy atom. The number of imidazole rings is 1. The first-order chi connectivity index (χ1) is 12.5. The number of nitrogens with zero attached hydrogens (tertiary/aromatic N) is 4. The largest absolute Gasteiger partial charge is 0.416 e. The van der Waals surface area contributed by atoms with Crippen molar-refractivity contribution in [3.63, 3.8) is 0 Å². The van der Waals surface area contributed by atoms with E-state index in [0.717, 1.165) is 31.4 Å². The summed E-state index contributed by atoms with van der Waals surface area (Å²) in [6.45, 7) is 0.685. The first kappa shape index (κ1) is 16.8. The fourth-order valence-corrected chi connectivity index (χ4v) is 3.01. The maximum Gasteiger partial charge on any atom is 0.416 e. The predicted octanol–water partition coefficient (Wildman–Crippen LogP) is 4.29. The highest BCUT2D eigenvalue weighted by atomic mass is 19.4. The van der Waals surface area contributed by atoms with Crippen molar-refractivity contribution in [3.05, 3.63) is 42.5 Å². The normalized spacial score (nSPS) is 18.2. The summed E-state index contributed by atoms with van der Waals surface area (Å²) in [5.41, 5.74) is 0.623. The van der Waals surface area contributed by atoms with Crippen molar-refractivity contribution in [1.82, 2.24) is 19.5 Å². The van der Waals surface area contributed by atoms with Crippen LogP contribution in [0.4, 0.5) is 24.7 Å². The van der Waals surface area contributed by atoms with Gasteiger partial charge in [-0.25, -0.2) is 15.0 Å². The SMILES string of the molecule is FC(F)(F)c1cccc(Nc2ncnc3c2ncn3C2CCCCO2)c1. The van der Waals surface area contributed by atoms with E-state index in [2.05, 4.69) is 20.3 Å². The van der Waals surface area contributed by atoms with Gasteiger partial charge in [0.1, 0.15) is 12.6 Å². The van der Waals surface area contributed by atoms with E-state index in [1.54, 1.807) is 12.4 Å². The number of rotatable bonds is 3. The summed E-state index contributed by atoms with van der Waals surface area (Å²) in [6, 6.07) is 4.95. The Morgan fingerprint density at radius 2 is 2.04 bits per heavy atom. The zero-order valence-corrected chi connectivity index (χ0v) is 13.7. The number of aromatic nitrogens is 4. The van der Waals surface area contributed by atoms with Gasteiger partial charge in [-0.2, -0.15) is 13.2 Å². The number of ether oxygens (including phenoxy) is 1. The van der Waals surface area contributed by atoms with E-state index in [1.807, 2.05) is 4.57 Å². The van der Waals surface area contributed by atoms with E-state index in [4.69, 9.17) is 4.74 Å². The summed E-state index contributed by atoms with van der Waals surface area (Å²) in [5.74, 6) is 0.351. The molecule has 0 aliphatic carbocycles. The highest BCUT2D eigenvalue weighted by Crippen LogP contribution is 2.32. The molecular formula is C17H16F3N5O. The van der Waals surface area contributed by atoms with Crippen LogP contribution in [0.3, 0.4) is 0 Å². The average molecular weight is 363 g/mol. The maximum atomic E-state index is 12.9. The molecule has 0 bridgehead atoms. The van der Waals surface area contributed by atoms with E-state index in [0.29, 0.717) is 23.6 Å². The first-order valence-electron chi connectivity index (χ1n) is 8.26. The third-order valence-corrected chi connectivity index (χ3v) is 4.28. The molecule has 0 radical (unpaired) electrons. The van der Waals surface area contributed by atoms with Gasteiger partial charge < -0.3 is 10.1 Å². The standard InChI is InChI=1S/C17H16F3N5O/c18-17(19,20)11-4-3-5-12(8-11)24-15-14-16(22-9-21-15)25(10-23-14)13-6-1-2-7-26-13/h3-5,8-10,13H,1-2,6-7H2,(H,21,22,24). The van der Waals surface area contributed by atoms with Gasteiger partial charge in [-0.3, -0.25) is 4.57 Å². The van der Waals surface area contributed by atoms with E-state index >= 15 is 0 Å². The second-order valence-corrected chi connectivity index (χ2v) is 6.07. The minimum atomic E-state index is -4.40. The molecule has 0 saturated carbocycles. The van der Waals surface area contributed by atoms with Crippen molar-refractivity contribution in [3.8, 4) is 0 Å². The number of nitrogens with one attached hydrogen (secondary N) is 1. The zero-order valence-electron chi connectivity index (χ0n) is 13.7. The van der Waals surface area contributed by atoms with Gasteiger partial charge in [-0.1, -0.05) is 6.07 Å². The summed E-state index contributed by atoms with van der Waals surface area (Å²) in [5, 5.41) is 2.91. The second kappa shape index (κ2) is 6.56. The Hall–Kier alpha value is -2.68. The Morgan fingerprint density at radius 3 is 2.81 bits per heavy atom. The lowest BCUT2D eigenvalue weighted by Gasteiger charge is -2.23. The van der Waals surface area contributed by atoms with Gasteiger partial charge in [0, 0.05) is 12.3 Å². The summed E-state index contributed by atoms with van der Waals surface area (Å²) < 4.78 is 46.3. The molecule has 0 spiro atoms. The fourth-order valence-electron chi connectivity index (χ4n) is 3.01. The minimum Gasteiger partial charge on any atom is -0.358 e. The smallest absolute Gasteiger partial charge is 0.358 e. The Labute approximate surface area is 147 Å². The van der Waals surface area contributed by atoms with Gasteiger partial charge in [0.2, 0.25) is 0 Å². The summed E-state index contributed by atoms with van der Waals surface area (Å²) in [6.07, 6.45) is 1.41. The quantitative estimate of drug-likeness (QED) is 0.752. The van der Waals surface area contributed by atoms with Crippen LogP contribution in [0.5, 0.6) is 0 Å². The molecule has 3 heterocycles. The number of alkyl halides is 3. The second-order valence-electron chi connectivity index (χ2n) is 6.07. The molecule has 136 valence electrons. The number of fused-ring (bicyclic) bond motifs is 1. The van der Waals surface area contributed by atoms with Crippen LogP contribution in [0.2, 0.25) is 0 Å². The van der Waals surface area contributed by atoms with Crippen LogP contribution < -0.4 is 5.32 Å². The molecule has 4 rings (SSSR count). The van der Waals surface area contributed by atoms with E-state index in [-0.39, 0.29) is 11.9 Å². The molecule has 6 nitrogen and oxygen atoms in total. The molecule has 1 unspecified atom stereocenters. The molecule has 1 aliphatic rings. The number of halogens is 3. The molecule has 1 aromatic carbocycles. The zero-order chi connectivity index (χ0) is 18.1. The molecule has 0 amide bonds. The van der Waals surface area contributed by atoms with Gasteiger partial charge in [-0.05, 0) is 37.5 Å². The molecule has 3 aromatic rings. The lowest BCUT2D eigenvalue weighted by Crippen LogP contribution is -2.17. The van der Waals surface area contributed by atoms with E-state index in [1.165, 1.54) is 12.4 Å².